The lowest BCUT2D eigenvalue weighted by atomic mass is 10.0. The van der Waals surface area contributed by atoms with E-state index in [0.29, 0.717) is 24.1 Å². The first kappa shape index (κ1) is 22.0. The molecule has 0 aliphatic rings. The first-order valence-corrected chi connectivity index (χ1v) is 10.6. The van der Waals surface area contributed by atoms with E-state index in [1.54, 1.807) is 26.0 Å². The Morgan fingerprint density at radius 2 is 1.57 bits per heavy atom. The third-order valence-electron chi connectivity index (χ3n) is 4.92. The van der Waals surface area contributed by atoms with Gasteiger partial charge >= 0.3 is 0 Å². The zero-order valence-electron chi connectivity index (χ0n) is 16.9. The minimum atomic E-state index is -3.85. The Labute approximate surface area is 166 Å². The SMILES string of the molecule is Cc1cc(C)c(C)c(S(=O)(=O)N[C@@H](C)C(=O)NCCc2ccc(F)cc2)c1C. The predicted molar refractivity (Wildman–Crippen MR) is 108 cm³/mol. The molecule has 1 atom stereocenters. The Balaban J connectivity index is 2.04. The lowest BCUT2D eigenvalue weighted by molar-refractivity contribution is -0.122. The van der Waals surface area contributed by atoms with Crippen molar-refractivity contribution in [3.05, 3.63) is 64.0 Å². The van der Waals surface area contributed by atoms with Crippen LogP contribution in [0.1, 0.15) is 34.7 Å². The molecule has 0 aliphatic heterocycles. The molecule has 5 nitrogen and oxygen atoms in total. The Morgan fingerprint density at radius 3 is 2.11 bits per heavy atom. The molecule has 2 rings (SSSR count). The quantitative estimate of drug-likeness (QED) is 0.742. The van der Waals surface area contributed by atoms with E-state index in [1.807, 2.05) is 19.9 Å². The number of carbonyl (C=O) groups excluding carboxylic acids is 1. The fraction of sp³-hybridized carbons (Fsp3) is 0.381. The fourth-order valence-electron chi connectivity index (χ4n) is 3.06. The molecule has 0 aromatic heterocycles. The normalized spacial score (nSPS) is 12.6. The van der Waals surface area contributed by atoms with Crippen LogP contribution in [0.25, 0.3) is 0 Å². The monoisotopic (exact) mass is 406 g/mol. The average molecular weight is 407 g/mol. The summed E-state index contributed by atoms with van der Waals surface area (Å²) >= 11 is 0. The number of sulfonamides is 1. The van der Waals surface area contributed by atoms with Gasteiger partial charge in [0.2, 0.25) is 15.9 Å². The summed E-state index contributed by atoms with van der Waals surface area (Å²) in [5.41, 5.74) is 4.02. The van der Waals surface area contributed by atoms with E-state index in [0.717, 1.165) is 16.7 Å². The maximum atomic E-state index is 12.9. The number of hydrogen-bond donors (Lipinski definition) is 2. The lowest BCUT2D eigenvalue weighted by Crippen LogP contribution is -2.45. The summed E-state index contributed by atoms with van der Waals surface area (Å²) in [6.07, 6.45) is 0.529. The van der Waals surface area contributed by atoms with E-state index < -0.39 is 22.0 Å². The molecule has 28 heavy (non-hydrogen) atoms. The van der Waals surface area contributed by atoms with Gasteiger partial charge in [0.25, 0.3) is 0 Å². The molecule has 0 spiro atoms. The van der Waals surface area contributed by atoms with E-state index >= 15 is 0 Å². The highest BCUT2D eigenvalue weighted by Gasteiger charge is 2.26. The molecule has 0 heterocycles. The maximum absolute atomic E-state index is 12.9. The van der Waals surface area contributed by atoms with Gasteiger partial charge < -0.3 is 5.32 Å². The number of amides is 1. The number of benzene rings is 2. The minimum Gasteiger partial charge on any atom is -0.354 e. The Bertz CT molecular complexity index is 944. The number of halogens is 1. The third-order valence-corrected chi connectivity index (χ3v) is 6.73. The summed E-state index contributed by atoms with van der Waals surface area (Å²) < 4.78 is 41.2. The van der Waals surface area contributed by atoms with Crippen LogP contribution < -0.4 is 10.0 Å². The lowest BCUT2D eigenvalue weighted by Gasteiger charge is -2.19. The van der Waals surface area contributed by atoms with Crippen molar-refractivity contribution in [2.75, 3.05) is 6.54 Å². The summed E-state index contributed by atoms with van der Waals surface area (Å²) in [4.78, 5) is 12.5. The van der Waals surface area contributed by atoms with Crippen LogP contribution in [0.4, 0.5) is 4.39 Å². The number of aryl methyl sites for hydroxylation is 2. The smallest absolute Gasteiger partial charge is 0.241 e. The standard InChI is InChI=1S/C21H27FN2O3S/c1-13-12-14(2)16(4)20(15(13)3)28(26,27)24-17(5)21(25)23-11-10-18-6-8-19(22)9-7-18/h6-9,12,17,24H,10-11H2,1-5H3,(H,23,25)/t17-/m0/s1. The van der Waals surface area contributed by atoms with Gasteiger partial charge in [-0.15, -0.1) is 0 Å². The fourth-order valence-corrected chi connectivity index (χ4v) is 4.88. The van der Waals surface area contributed by atoms with Crippen LogP contribution in [-0.2, 0) is 21.2 Å². The molecule has 2 N–H and O–H groups in total. The molecule has 0 radical (unpaired) electrons. The van der Waals surface area contributed by atoms with Crippen LogP contribution in [0.15, 0.2) is 35.2 Å². The van der Waals surface area contributed by atoms with Gasteiger partial charge in [0, 0.05) is 6.54 Å². The second-order valence-corrected chi connectivity index (χ2v) is 8.75. The maximum Gasteiger partial charge on any atom is 0.241 e. The first-order valence-electron chi connectivity index (χ1n) is 9.15. The van der Waals surface area contributed by atoms with Crippen molar-refractivity contribution in [3.63, 3.8) is 0 Å². The van der Waals surface area contributed by atoms with Crippen molar-refractivity contribution in [3.8, 4) is 0 Å². The van der Waals surface area contributed by atoms with Gasteiger partial charge in [0.05, 0.1) is 10.9 Å². The molecule has 7 heteroatoms. The van der Waals surface area contributed by atoms with E-state index in [9.17, 15) is 17.6 Å². The zero-order valence-corrected chi connectivity index (χ0v) is 17.7. The van der Waals surface area contributed by atoms with Gasteiger partial charge in [-0.3, -0.25) is 4.79 Å². The minimum absolute atomic E-state index is 0.232. The van der Waals surface area contributed by atoms with E-state index in [2.05, 4.69) is 10.0 Å². The van der Waals surface area contributed by atoms with Crippen LogP contribution in [0.2, 0.25) is 0 Å². The molecule has 2 aromatic rings. The van der Waals surface area contributed by atoms with Crippen molar-refractivity contribution in [1.29, 1.82) is 0 Å². The number of hydrogen-bond acceptors (Lipinski definition) is 3. The molecule has 0 bridgehead atoms. The van der Waals surface area contributed by atoms with Crippen LogP contribution in [-0.4, -0.2) is 26.9 Å². The summed E-state index contributed by atoms with van der Waals surface area (Å²) in [7, 11) is -3.85. The van der Waals surface area contributed by atoms with Gasteiger partial charge in [0.1, 0.15) is 5.82 Å². The van der Waals surface area contributed by atoms with Crippen LogP contribution in [0.3, 0.4) is 0 Å². The largest absolute Gasteiger partial charge is 0.354 e. The van der Waals surface area contributed by atoms with Gasteiger partial charge in [-0.2, -0.15) is 4.72 Å². The van der Waals surface area contributed by atoms with Crippen molar-refractivity contribution < 1.29 is 17.6 Å². The van der Waals surface area contributed by atoms with Gasteiger partial charge in [-0.25, -0.2) is 12.8 Å². The first-order chi connectivity index (χ1) is 13.0. The number of nitrogens with one attached hydrogen (secondary N) is 2. The Morgan fingerprint density at radius 1 is 1.04 bits per heavy atom. The molecule has 1 amide bonds. The van der Waals surface area contributed by atoms with E-state index in [4.69, 9.17) is 0 Å². The Hall–Kier alpha value is -2.25. The van der Waals surface area contributed by atoms with Crippen LogP contribution in [0, 0.1) is 33.5 Å². The molecule has 0 fully saturated rings. The molecule has 2 aromatic carbocycles. The van der Waals surface area contributed by atoms with Gasteiger partial charge in [-0.1, -0.05) is 18.2 Å². The topological polar surface area (TPSA) is 75.3 Å². The average Bonchev–Trinajstić information content (AvgIpc) is 2.61. The van der Waals surface area contributed by atoms with Crippen molar-refractivity contribution in [2.24, 2.45) is 0 Å². The second-order valence-electron chi connectivity index (χ2n) is 7.10. The summed E-state index contributed by atoms with van der Waals surface area (Å²) in [5, 5.41) is 2.71. The van der Waals surface area contributed by atoms with Crippen LogP contribution in [0.5, 0.6) is 0 Å². The van der Waals surface area contributed by atoms with Crippen molar-refractivity contribution in [2.45, 2.75) is 52.0 Å². The van der Waals surface area contributed by atoms with Gasteiger partial charge in [0.15, 0.2) is 0 Å². The molecular weight excluding hydrogens is 379 g/mol. The zero-order chi connectivity index (χ0) is 21.1. The molecule has 0 aliphatic carbocycles. The van der Waals surface area contributed by atoms with Crippen LogP contribution >= 0.6 is 0 Å². The second kappa shape index (κ2) is 8.84. The van der Waals surface area contributed by atoms with E-state index in [1.165, 1.54) is 19.1 Å². The highest BCUT2D eigenvalue weighted by Crippen LogP contribution is 2.26. The summed E-state index contributed by atoms with van der Waals surface area (Å²) in [6.45, 7) is 9.11. The molecule has 0 saturated carbocycles. The highest BCUT2D eigenvalue weighted by molar-refractivity contribution is 7.89. The summed E-state index contributed by atoms with van der Waals surface area (Å²) in [5.74, 6) is -0.724. The third kappa shape index (κ3) is 5.17. The van der Waals surface area contributed by atoms with Crippen molar-refractivity contribution in [1.82, 2.24) is 10.0 Å². The highest BCUT2D eigenvalue weighted by atomic mass is 32.2. The molecule has 0 unspecified atom stereocenters. The predicted octanol–water partition coefficient (Wildman–Crippen LogP) is 3.09. The molecule has 0 saturated heterocycles. The van der Waals surface area contributed by atoms with Crippen molar-refractivity contribution >= 4 is 15.9 Å². The molecule has 152 valence electrons. The van der Waals surface area contributed by atoms with Gasteiger partial charge in [-0.05, 0) is 81.0 Å². The Kier molecular flexibility index (Phi) is 6.96. The summed E-state index contributed by atoms with van der Waals surface area (Å²) in [6, 6.07) is 7.07. The van der Waals surface area contributed by atoms with E-state index in [-0.39, 0.29) is 10.7 Å². The molecular formula is C21H27FN2O3S. The number of carbonyl (C=O) groups is 1. The number of rotatable bonds is 7.